The summed E-state index contributed by atoms with van der Waals surface area (Å²) < 4.78 is 0. The molecule has 2 aromatic heterocycles. The van der Waals surface area contributed by atoms with Crippen LogP contribution >= 0.6 is 117 Å². The molecule has 2 aromatic rings. The second-order valence-electron chi connectivity index (χ2n) is 5.90. The van der Waals surface area contributed by atoms with Gasteiger partial charge in [0.25, 0.3) is 0 Å². The number of thiophene rings is 2. The first-order chi connectivity index (χ1) is 14.6. The molecule has 0 atom stereocenters. The lowest BCUT2D eigenvalue weighted by atomic mass is 10.3. The topological polar surface area (TPSA) is 0 Å². The van der Waals surface area contributed by atoms with Gasteiger partial charge >= 0.3 is 0 Å². The number of rotatable bonds is 15. The van der Waals surface area contributed by atoms with Gasteiger partial charge in [0, 0.05) is 49.7 Å². The largest absolute Gasteiger partial charge is 0.154 e. The number of hydrogen-bond donors (Lipinski definition) is 0. The minimum atomic E-state index is 1.11. The van der Waals surface area contributed by atoms with Crippen molar-refractivity contribution < 1.29 is 0 Å². The van der Waals surface area contributed by atoms with Gasteiger partial charge in [0.1, 0.15) is 0 Å². The van der Waals surface area contributed by atoms with Crippen molar-refractivity contribution in [1.29, 1.82) is 0 Å². The molecule has 0 aliphatic carbocycles. The molecule has 170 valence electrons. The summed E-state index contributed by atoms with van der Waals surface area (Å²) in [5.74, 6) is 2.37. The van der Waals surface area contributed by atoms with E-state index in [9.17, 15) is 0 Å². The summed E-state index contributed by atoms with van der Waals surface area (Å²) >= 11 is 20.1. The fourth-order valence-electron chi connectivity index (χ4n) is 2.52. The van der Waals surface area contributed by atoms with E-state index in [2.05, 4.69) is 52.0 Å². The molecule has 0 unspecified atom stereocenters. The first kappa shape index (κ1) is 28.4. The average molecular weight is 591 g/mol. The normalized spacial score (nSPS) is 11.5. The smallest absolute Gasteiger partial charge is 0.0605 e. The van der Waals surface area contributed by atoms with E-state index in [4.69, 9.17) is 0 Å². The SMILES string of the molecule is CCSCSc1c(C)sc(-c2sc(C)c(SCSC)c2SCSC)c1SCSCC. The summed E-state index contributed by atoms with van der Waals surface area (Å²) in [5.41, 5.74) is 0. The van der Waals surface area contributed by atoms with Gasteiger partial charge in [0.05, 0.1) is 9.75 Å². The number of thioether (sulfide) groups is 8. The Labute approximate surface area is 225 Å². The summed E-state index contributed by atoms with van der Waals surface area (Å²) in [7, 11) is 0. The molecule has 0 nitrogen and oxygen atoms in total. The molecule has 30 heavy (non-hydrogen) atoms. The van der Waals surface area contributed by atoms with Crippen LogP contribution in [-0.2, 0) is 0 Å². The van der Waals surface area contributed by atoms with Gasteiger partial charge in [-0.2, -0.15) is 47.0 Å². The van der Waals surface area contributed by atoms with Crippen LogP contribution in [0.15, 0.2) is 19.6 Å². The second kappa shape index (κ2) is 16.0. The molecule has 0 aromatic carbocycles. The van der Waals surface area contributed by atoms with Crippen molar-refractivity contribution in [2.75, 3.05) is 44.4 Å². The van der Waals surface area contributed by atoms with Crippen molar-refractivity contribution in [1.82, 2.24) is 0 Å². The highest BCUT2D eigenvalue weighted by Gasteiger charge is 2.25. The zero-order valence-electron chi connectivity index (χ0n) is 18.3. The first-order valence-corrected chi connectivity index (χ1v) is 20.2. The molecule has 0 amide bonds. The predicted molar refractivity (Wildman–Crippen MR) is 163 cm³/mol. The minimum absolute atomic E-state index is 1.11. The Morgan fingerprint density at radius 2 is 0.933 bits per heavy atom. The molecule has 0 spiro atoms. The maximum absolute atomic E-state index is 2.32. The summed E-state index contributed by atoms with van der Waals surface area (Å²) in [6, 6.07) is 0. The van der Waals surface area contributed by atoms with E-state index >= 15 is 0 Å². The van der Waals surface area contributed by atoms with Crippen molar-refractivity contribution >= 4 is 117 Å². The number of aryl methyl sites for hydroxylation is 2. The van der Waals surface area contributed by atoms with Crippen molar-refractivity contribution in [3.8, 4) is 9.75 Å². The second-order valence-corrected chi connectivity index (χ2v) is 18.0. The summed E-state index contributed by atoms with van der Waals surface area (Å²) in [6.07, 6.45) is 4.41. The predicted octanol–water partition coefficient (Wildman–Crippen LogP) is 10.5. The van der Waals surface area contributed by atoms with Crippen LogP contribution in [0.4, 0.5) is 0 Å². The zero-order valence-corrected chi connectivity index (χ0v) is 26.5. The number of hydrogen-bond acceptors (Lipinski definition) is 10. The monoisotopic (exact) mass is 590 g/mol. The van der Waals surface area contributed by atoms with E-state index in [1.54, 1.807) is 0 Å². The van der Waals surface area contributed by atoms with Gasteiger partial charge < -0.3 is 0 Å². The van der Waals surface area contributed by atoms with E-state index in [1.165, 1.54) is 50.6 Å². The maximum atomic E-state index is 2.32. The fourth-order valence-corrected chi connectivity index (χ4v) is 13.6. The molecule has 2 heterocycles. The Bertz CT molecular complexity index is 764. The van der Waals surface area contributed by atoms with Gasteiger partial charge in [-0.1, -0.05) is 13.8 Å². The zero-order chi connectivity index (χ0) is 21.9. The Morgan fingerprint density at radius 1 is 0.567 bits per heavy atom. The average Bonchev–Trinajstić information content (AvgIpc) is 3.21. The maximum Gasteiger partial charge on any atom is 0.0605 e. The Kier molecular flexibility index (Phi) is 15.1. The van der Waals surface area contributed by atoms with Gasteiger partial charge in [-0.15, -0.1) is 69.7 Å². The van der Waals surface area contributed by atoms with E-state index < -0.39 is 0 Å². The Hall–Kier alpha value is 2.20. The quantitative estimate of drug-likeness (QED) is 0.113. The van der Waals surface area contributed by atoms with Crippen LogP contribution in [0.2, 0.25) is 0 Å². The van der Waals surface area contributed by atoms with Crippen molar-refractivity contribution in [2.45, 2.75) is 47.3 Å². The molecule has 0 saturated heterocycles. The molecular formula is C20H30S10. The molecular weight excluding hydrogens is 561 g/mol. The van der Waals surface area contributed by atoms with E-state index in [-0.39, 0.29) is 0 Å². The summed E-state index contributed by atoms with van der Waals surface area (Å²) in [6.45, 7) is 9.14. The van der Waals surface area contributed by atoms with E-state index in [1.807, 2.05) is 105 Å². The Balaban J connectivity index is 2.50. The van der Waals surface area contributed by atoms with E-state index in [0.29, 0.717) is 0 Å². The molecule has 0 radical (unpaired) electrons. The molecule has 0 aliphatic rings. The van der Waals surface area contributed by atoms with E-state index in [0.717, 1.165) is 20.3 Å². The molecule has 0 N–H and O–H groups in total. The molecule has 2 rings (SSSR count). The van der Waals surface area contributed by atoms with Gasteiger partial charge in [-0.3, -0.25) is 0 Å². The lowest BCUT2D eigenvalue weighted by molar-refractivity contribution is 1.25. The summed E-state index contributed by atoms with van der Waals surface area (Å²) in [5, 5.41) is 4.52. The molecule has 0 fully saturated rings. The Morgan fingerprint density at radius 3 is 1.33 bits per heavy atom. The van der Waals surface area contributed by atoms with Gasteiger partial charge in [-0.25, -0.2) is 0 Å². The third-order valence-corrected chi connectivity index (χ3v) is 15.9. The van der Waals surface area contributed by atoms with Crippen LogP contribution in [0.3, 0.4) is 0 Å². The highest BCUT2D eigenvalue weighted by atomic mass is 32.2. The van der Waals surface area contributed by atoms with Gasteiger partial charge in [0.2, 0.25) is 0 Å². The van der Waals surface area contributed by atoms with Crippen LogP contribution in [0.25, 0.3) is 9.75 Å². The van der Waals surface area contributed by atoms with Crippen LogP contribution in [0, 0.1) is 13.8 Å². The van der Waals surface area contributed by atoms with Crippen LogP contribution in [-0.4, -0.2) is 44.4 Å². The molecule has 10 heteroatoms. The van der Waals surface area contributed by atoms with Crippen molar-refractivity contribution in [3.63, 3.8) is 0 Å². The lowest BCUT2D eigenvalue weighted by Crippen LogP contribution is -1.83. The summed E-state index contributed by atoms with van der Waals surface area (Å²) in [4.78, 5) is 12.1. The standard InChI is InChI=1S/C20H30S10/c1-7-23-11-27-16-14(4)30-20(18(16)28-12-24-8-2)19-17(26-10-22-6)15(13(3)29-19)25-9-21-5/h7-12H2,1-6H3. The van der Waals surface area contributed by atoms with Crippen molar-refractivity contribution in [3.05, 3.63) is 9.75 Å². The van der Waals surface area contributed by atoms with Crippen molar-refractivity contribution in [2.24, 2.45) is 0 Å². The molecule has 0 saturated carbocycles. The highest BCUT2D eigenvalue weighted by molar-refractivity contribution is 8.18. The van der Waals surface area contributed by atoms with Crippen LogP contribution in [0.5, 0.6) is 0 Å². The molecule has 0 aliphatic heterocycles. The molecule has 0 bridgehead atoms. The first-order valence-electron chi connectivity index (χ1n) is 9.50. The van der Waals surface area contributed by atoms with Gasteiger partial charge in [0.15, 0.2) is 0 Å². The lowest BCUT2D eigenvalue weighted by Gasteiger charge is -2.09. The minimum Gasteiger partial charge on any atom is -0.154 e. The third-order valence-electron chi connectivity index (χ3n) is 3.80. The van der Waals surface area contributed by atoms with Crippen LogP contribution < -0.4 is 0 Å². The third kappa shape index (κ3) is 8.15. The fraction of sp³-hybridized carbons (Fsp3) is 0.600. The van der Waals surface area contributed by atoms with Gasteiger partial charge in [-0.05, 0) is 37.9 Å². The highest BCUT2D eigenvalue weighted by Crippen LogP contribution is 2.55. The van der Waals surface area contributed by atoms with Crippen LogP contribution in [0.1, 0.15) is 23.6 Å².